The van der Waals surface area contributed by atoms with Gasteiger partial charge in [-0.1, -0.05) is 42.1 Å². The molecule has 0 unspecified atom stereocenters. The first kappa shape index (κ1) is 18.2. The van der Waals surface area contributed by atoms with Gasteiger partial charge < -0.3 is 10.6 Å². The molecule has 0 saturated carbocycles. The summed E-state index contributed by atoms with van der Waals surface area (Å²) in [6, 6.07) is 20.9. The lowest BCUT2D eigenvalue weighted by molar-refractivity contribution is -0.112. The van der Waals surface area contributed by atoms with Gasteiger partial charge in [0.2, 0.25) is 5.95 Å². The predicted octanol–water partition coefficient (Wildman–Crippen LogP) is 4.09. The summed E-state index contributed by atoms with van der Waals surface area (Å²) >= 11 is 1.53. The van der Waals surface area contributed by atoms with Crippen LogP contribution in [-0.2, 0) is 4.79 Å². The smallest absolute Gasteiger partial charge is 0.267 e. The first-order valence-electron chi connectivity index (χ1n) is 8.03. The number of nitrogens with one attached hydrogen (secondary N) is 2. The van der Waals surface area contributed by atoms with E-state index < -0.39 is 5.91 Å². The minimum absolute atomic E-state index is 0.0815. The molecule has 0 atom stereocenters. The van der Waals surface area contributed by atoms with E-state index in [9.17, 15) is 10.1 Å². The first-order valence-corrected chi connectivity index (χ1v) is 8.85. The fourth-order valence-electron chi connectivity index (χ4n) is 2.12. The molecule has 0 spiro atoms. The topological polar surface area (TPSA) is 90.7 Å². The molecular formula is C20H15N5OS. The molecule has 0 aliphatic heterocycles. The van der Waals surface area contributed by atoms with Crippen molar-refractivity contribution in [2.45, 2.75) is 9.79 Å². The van der Waals surface area contributed by atoms with Crippen LogP contribution in [0.2, 0.25) is 0 Å². The minimum Gasteiger partial charge on any atom is -0.329 e. The van der Waals surface area contributed by atoms with Gasteiger partial charge in [0.05, 0.1) is 5.69 Å². The summed E-state index contributed by atoms with van der Waals surface area (Å²) in [4.78, 5) is 22.4. The minimum atomic E-state index is -0.512. The lowest BCUT2D eigenvalue weighted by atomic mass is 10.2. The van der Waals surface area contributed by atoms with E-state index in [1.54, 1.807) is 24.5 Å². The van der Waals surface area contributed by atoms with Gasteiger partial charge in [-0.15, -0.1) is 0 Å². The number of benzene rings is 2. The zero-order valence-electron chi connectivity index (χ0n) is 14.2. The van der Waals surface area contributed by atoms with Gasteiger partial charge in [0.15, 0.2) is 0 Å². The highest BCUT2D eigenvalue weighted by atomic mass is 32.2. The summed E-state index contributed by atoms with van der Waals surface area (Å²) < 4.78 is 0. The van der Waals surface area contributed by atoms with Crippen LogP contribution in [0.4, 0.5) is 11.6 Å². The second-order valence-electron chi connectivity index (χ2n) is 5.25. The van der Waals surface area contributed by atoms with Crippen molar-refractivity contribution in [1.82, 2.24) is 9.97 Å². The van der Waals surface area contributed by atoms with Gasteiger partial charge in [0, 0.05) is 28.4 Å². The molecule has 0 fully saturated rings. The second kappa shape index (κ2) is 9.17. The summed E-state index contributed by atoms with van der Waals surface area (Å²) in [5.74, 6) is -0.208. The summed E-state index contributed by atoms with van der Waals surface area (Å²) in [5.41, 5.74) is 0.551. The molecule has 1 aromatic heterocycles. The second-order valence-corrected chi connectivity index (χ2v) is 6.37. The van der Waals surface area contributed by atoms with Gasteiger partial charge >= 0.3 is 0 Å². The molecule has 2 aromatic carbocycles. The molecule has 0 radical (unpaired) electrons. The van der Waals surface area contributed by atoms with Crippen molar-refractivity contribution < 1.29 is 4.79 Å². The number of para-hydroxylation sites is 1. The van der Waals surface area contributed by atoms with Gasteiger partial charge in [-0.25, -0.2) is 9.97 Å². The molecule has 3 aromatic rings. The van der Waals surface area contributed by atoms with Crippen molar-refractivity contribution >= 4 is 29.3 Å². The van der Waals surface area contributed by atoms with E-state index in [0.29, 0.717) is 11.6 Å². The molecule has 0 saturated heterocycles. The Hall–Kier alpha value is -3.63. The molecule has 3 rings (SSSR count). The predicted molar refractivity (Wildman–Crippen MR) is 105 cm³/mol. The number of rotatable bonds is 6. The molecule has 1 heterocycles. The lowest BCUT2D eigenvalue weighted by Crippen LogP contribution is -2.15. The van der Waals surface area contributed by atoms with E-state index in [0.717, 1.165) is 9.79 Å². The Morgan fingerprint density at radius 2 is 1.70 bits per heavy atom. The van der Waals surface area contributed by atoms with Gasteiger partial charge in [-0.05, 0) is 30.3 Å². The van der Waals surface area contributed by atoms with Crippen LogP contribution in [-0.4, -0.2) is 15.9 Å². The number of aromatic nitrogens is 2. The fraction of sp³-hybridized carbons (Fsp3) is 0. The van der Waals surface area contributed by atoms with Crippen molar-refractivity contribution in [3.8, 4) is 6.07 Å². The maximum absolute atomic E-state index is 12.5. The highest BCUT2D eigenvalue weighted by Gasteiger charge is 2.12. The number of hydrogen-bond acceptors (Lipinski definition) is 6. The van der Waals surface area contributed by atoms with E-state index in [1.165, 1.54) is 18.0 Å². The van der Waals surface area contributed by atoms with Crippen molar-refractivity contribution in [3.63, 3.8) is 0 Å². The van der Waals surface area contributed by atoms with Crippen molar-refractivity contribution in [2.24, 2.45) is 0 Å². The van der Waals surface area contributed by atoms with Crippen molar-refractivity contribution in [1.29, 1.82) is 5.26 Å². The van der Waals surface area contributed by atoms with E-state index >= 15 is 0 Å². The van der Waals surface area contributed by atoms with Crippen LogP contribution in [0.25, 0.3) is 0 Å². The Bertz CT molecular complexity index is 984. The zero-order chi connectivity index (χ0) is 18.9. The molecular weight excluding hydrogens is 358 g/mol. The Labute approximate surface area is 161 Å². The lowest BCUT2D eigenvalue weighted by Gasteiger charge is -2.10. The average molecular weight is 373 g/mol. The zero-order valence-corrected chi connectivity index (χ0v) is 15.0. The Balaban J connectivity index is 1.74. The van der Waals surface area contributed by atoms with E-state index in [2.05, 4.69) is 20.6 Å². The summed E-state index contributed by atoms with van der Waals surface area (Å²) in [6.07, 6.45) is 4.41. The maximum Gasteiger partial charge on any atom is 0.267 e. The fourth-order valence-corrected chi connectivity index (χ4v) is 3.05. The largest absolute Gasteiger partial charge is 0.329 e. The Morgan fingerprint density at radius 1 is 1.00 bits per heavy atom. The maximum atomic E-state index is 12.5. The molecule has 0 aliphatic carbocycles. The van der Waals surface area contributed by atoms with Crippen molar-refractivity contribution in [2.75, 3.05) is 10.6 Å². The SMILES string of the molecule is N#C/C(=C/Nc1ncccn1)C(=O)Nc1ccccc1Sc1ccccc1. The monoisotopic (exact) mass is 373 g/mol. The summed E-state index contributed by atoms with van der Waals surface area (Å²) in [6.45, 7) is 0. The molecule has 132 valence electrons. The van der Waals surface area contributed by atoms with Gasteiger partial charge in [0.1, 0.15) is 11.6 Å². The highest BCUT2D eigenvalue weighted by molar-refractivity contribution is 7.99. The Kier molecular flexibility index (Phi) is 6.17. The summed E-state index contributed by atoms with van der Waals surface area (Å²) in [7, 11) is 0. The molecule has 1 amide bonds. The van der Waals surface area contributed by atoms with E-state index in [4.69, 9.17) is 0 Å². The van der Waals surface area contributed by atoms with Crippen LogP contribution in [0.5, 0.6) is 0 Å². The third-order valence-corrected chi connectivity index (χ3v) is 4.47. The number of carbonyl (C=O) groups excluding carboxylic acids is 1. The van der Waals surface area contributed by atoms with Crippen LogP contribution < -0.4 is 10.6 Å². The highest BCUT2D eigenvalue weighted by Crippen LogP contribution is 2.33. The molecule has 0 bridgehead atoms. The van der Waals surface area contributed by atoms with Crippen LogP contribution >= 0.6 is 11.8 Å². The molecule has 7 heteroatoms. The number of nitriles is 1. The van der Waals surface area contributed by atoms with Gasteiger partial charge in [-0.3, -0.25) is 4.79 Å². The van der Waals surface area contributed by atoms with Gasteiger partial charge in [-0.2, -0.15) is 5.26 Å². The Morgan fingerprint density at radius 3 is 2.44 bits per heavy atom. The normalized spacial score (nSPS) is 10.7. The van der Waals surface area contributed by atoms with Crippen LogP contribution in [0, 0.1) is 11.3 Å². The van der Waals surface area contributed by atoms with Gasteiger partial charge in [0.25, 0.3) is 5.91 Å². The van der Waals surface area contributed by atoms with Crippen LogP contribution in [0.1, 0.15) is 0 Å². The average Bonchev–Trinajstić information content (AvgIpc) is 2.71. The molecule has 0 aliphatic rings. The van der Waals surface area contributed by atoms with Crippen LogP contribution in [0.3, 0.4) is 0 Å². The number of amides is 1. The number of nitrogens with zero attached hydrogens (tertiary/aromatic N) is 3. The van der Waals surface area contributed by atoms with Crippen LogP contribution in [0.15, 0.2) is 94.6 Å². The number of hydrogen-bond donors (Lipinski definition) is 2. The molecule has 2 N–H and O–H groups in total. The summed E-state index contributed by atoms with van der Waals surface area (Å²) in [5, 5.41) is 14.8. The third kappa shape index (κ3) is 5.17. The molecule has 27 heavy (non-hydrogen) atoms. The van der Waals surface area contributed by atoms with Crippen molar-refractivity contribution in [3.05, 3.63) is 84.8 Å². The van der Waals surface area contributed by atoms with E-state index in [1.807, 2.05) is 54.6 Å². The first-order chi connectivity index (χ1) is 13.3. The molecule has 6 nitrogen and oxygen atoms in total. The third-order valence-electron chi connectivity index (χ3n) is 3.38. The number of anilines is 2. The van der Waals surface area contributed by atoms with E-state index in [-0.39, 0.29) is 5.57 Å². The quantitative estimate of drug-likeness (QED) is 0.500. The number of carbonyl (C=O) groups is 1. The standard InChI is InChI=1S/C20H15N5OS/c21-13-15(14-24-20-22-11-6-12-23-20)19(26)25-17-9-4-5-10-18(17)27-16-7-2-1-3-8-16/h1-12,14H,(H,25,26)(H,22,23,24)/b15-14-.